The first-order chi connectivity index (χ1) is 19.4. The molecule has 5 aromatic rings. The molecule has 0 saturated carbocycles. The zero-order valence-corrected chi connectivity index (χ0v) is 24.8. The number of benzene rings is 2. The van der Waals surface area contributed by atoms with E-state index in [0.717, 1.165) is 38.1 Å². The van der Waals surface area contributed by atoms with Crippen molar-refractivity contribution in [2.45, 2.75) is 63.8 Å². The molecule has 0 radical (unpaired) electrons. The number of nitrogens with zero attached hydrogens (tertiary/aromatic N) is 3. The van der Waals surface area contributed by atoms with Crippen molar-refractivity contribution in [1.82, 2.24) is 14.5 Å². The molecule has 0 spiro atoms. The van der Waals surface area contributed by atoms with Gasteiger partial charge < -0.3 is 14.4 Å². The summed E-state index contributed by atoms with van der Waals surface area (Å²) in [5.74, 6) is -0.608. The second-order valence-electron chi connectivity index (χ2n) is 11.9. The topological polar surface area (TPSA) is 77.2 Å². The highest BCUT2D eigenvalue weighted by molar-refractivity contribution is 8.00. The molecule has 0 aliphatic heterocycles. The Morgan fingerprint density at radius 1 is 1.02 bits per heavy atom. The SMILES string of the molecule is CC(C)(C)Sc1c(CC(C)(C)C(=O)O)n(Cc2cccc(F)c2)c2ncc(OCc3ccc4ccccc4n3)cc12. The van der Waals surface area contributed by atoms with E-state index in [1.807, 2.05) is 53.1 Å². The Bertz CT molecular complexity index is 1740. The minimum Gasteiger partial charge on any atom is -0.486 e. The third-order valence-electron chi connectivity index (χ3n) is 6.80. The second kappa shape index (κ2) is 11.2. The van der Waals surface area contributed by atoms with Crippen molar-refractivity contribution in [2.24, 2.45) is 5.41 Å². The van der Waals surface area contributed by atoms with Gasteiger partial charge in [0.15, 0.2) is 0 Å². The molecule has 8 heteroatoms. The number of pyridine rings is 2. The Labute approximate surface area is 243 Å². The smallest absolute Gasteiger partial charge is 0.309 e. The zero-order chi connectivity index (χ0) is 29.4. The first-order valence-electron chi connectivity index (χ1n) is 13.5. The Morgan fingerprint density at radius 2 is 1.80 bits per heavy atom. The number of carboxylic acid groups (broad SMARTS) is 1. The van der Waals surface area contributed by atoms with Gasteiger partial charge in [-0.15, -0.1) is 11.8 Å². The maximum Gasteiger partial charge on any atom is 0.309 e. The molecule has 212 valence electrons. The lowest BCUT2D eigenvalue weighted by Crippen LogP contribution is -2.28. The zero-order valence-electron chi connectivity index (χ0n) is 23.9. The minimum absolute atomic E-state index is 0.161. The third kappa shape index (κ3) is 6.54. The Morgan fingerprint density at radius 3 is 2.54 bits per heavy atom. The molecule has 0 unspecified atom stereocenters. The van der Waals surface area contributed by atoms with E-state index >= 15 is 0 Å². The van der Waals surface area contributed by atoms with Crippen LogP contribution in [0.25, 0.3) is 21.9 Å². The fourth-order valence-electron chi connectivity index (χ4n) is 4.73. The number of carboxylic acids is 1. The summed E-state index contributed by atoms with van der Waals surface area (Å²) < 4.78 is 22.2. The summed E-state index contributed by atoms with van der Waals surface area (Å²) in [7, 11) is 0. The summed E-state index contributed by atoms with van der Waals surface area (Å²) in [5, 5.41) is 11.9. The molecule has 2 aromatic carbocycles. The number of hydrogen-bond acceptors (Lipinski definition) is 5. The minimum atomic E-state index is -1.03. The Kier molecular flexibility index (Phi) is 7.79. The first kappa shape index (κ1) is 28.6. The number of halogens is 1. The van der Waals surface area contributed by atoms with Gasteiger partial charge in [0.1, 0.15) is 23.8 Å². The van der Waals surface area contributed by atoms with E-state index in [1.165, 1.54) is 12.1 Å². The predicted molar refractivity (Wildman–Crippen MR) is 162 cm³/mol. The average molecular weight is 572 g/mol. The van der Waals surface area contributed by atoms with Gasteiger partial charge in [0.05, 0.1) is 22.8 Å². The molecule has 0 aliphatic rings. The monoisotopic (exact) mass is 571 g/mol. The summed E-state index contributed by atoms with van der Waals surface area (Å²) in [6.45, 7) is 10.5. The van der Waals surface area contributed by atoms with Crippen LogP contribution in [0.15, 0.2) is 77.8 Å². The highest BCUT2D eigenvalue weighted by Crippen LogP contribution is 2.43. The number of hydrogen-bond donors (Lipinski definition) is 1. The lowest BCUT2D eigenvalue weighted by molar-refractivity contribution is -0.146. The van der Waals surface area contributed by atoms with Crippen molar-refractivity contribution in [3.63, 3.8) is 0 Å². The van der Waals surface area contributed by atoms with Crippen LogP contribution in [0.2, 0.25) is 0 Å². The van der Waals surface area contributed by atoms with Gasteiger partial charge in [-0.05, 0) is 49.7 Å². The quantitative estimate of drug-likeness (QED) is 0.181. The molecule has 0 saturated heterocycles. The van der Waals surface area contributed by atoms with Crippen LogP contribution >= 0.6 is 11.8 Å². The van der Waals surface area contributed by atoms with Crippen molar-refractivity contribution < 1.29 is 19.0 Å². The highest BCUT2D eigenvalue weighted by atomic mass is 32.2. The van der Waals surface area contributed by atoms with Crippen molar-refractivity contribution in [3.05, 3.63) is 95.7 Å². The number of ether oxygens (including phenoxy) is 1. The van der Waals surface area contributed by atoms with Crippen molar-refractivity contribution in [1.29, 1.82) is 0 Å². The second-order valence-corrected chi connectivity index (χ2v) is 13.7. The number of rotatable bonds is 9. The number of aliphatic carboxylic acids is 1. The summed E-state index contributed by atoms with van der Waals surface area (Å²) in [5.41, 5.74) is 3.02. The number of thioether (sulfide) groups is 1. The molecule has 0 aliphatic carbocycles. The Hall–Kier alpha value is -3.91. The molecule has 0 amide bonds. The molecule has 1 N–H and O–H groups in total. The fourth-order valence-corrected chi connectivity index (χ4v) is 5.90. The van der Waals surface area contributed by atoms with Crippen molar-refractivity contribution >= 4 is 39.7 Å². The number of fused-ring (bicyclic) bond motifs is 2. The van der Waals surface area contributed by atoms with E-state index in [-0.39, 0.29) is 23.6 Å². The van der Waals surface area contributed by atoms with Crippen LogP contribution < -0.4 is 4.74 Å². The molecule has 5 rings (SSSR count). The predicted octanol–water partition coefficient (Wildman–Crippen LogP) is 7.89. The van der Waals surface area contributed by atoms with Crippen molar-refractivity contribution in [2.75, 3.05) is 0 Å². The molecule has 0 atom stereocenters. The van der Waals surface area contributed by atoms with Gasteiger partial charge in [-0.25, -0.2) is 14.4 Å². The van der Waals surface area contributed by atoms with Crippen LogP contribution in [0.3, 0.4) is 0 Å². The van der Waals surface area contributed by atoms with Gasteiger partial charge in [-0.1, -0.05) is 57.2 Å². The number of para-hydroxylation sites is 1. The summed E-state index contributed by atoms with van der Waals surface area (Å²) in [6, 6.07) is 20.4. The number of aromatic nitrogens is 3. The largest absolute Gasteiger partial charge is 0.486 e. The molecule has 41 heavy (non-hydrogen) atoms. The van der Waals surface area contributed by atoms with E-state index < -0.39 is 11.4 Å². The molecule has 6 nitrogen and oxygen atoms in total. The highest BCUT2D eigenvalue weighted by Gasteiger charge is 2.33. The molecular formula is C33H34FN3O3S. The van der Waals surface area contributed by atoms with Crippen molar-refractivity contribution in [3.8, 4) is 5.75 Å². The molecule has 0 bridgehead atoms. The van der Waals surface area contributed by atoms with Crippen LogP contribution in [0.4, 0.5) is 4.39 Å². The van der Waals surface area contributed by atoms with E-state index in [4.69, 9.17) is 14.7 Å². The van der Waals surface area contributed by atoms with E-state index in [0.29, 0.717) is 17.9 Å². The molecular weight excluding hydrogens is 537 g/mol. The normalized spacial score (nSPS) is 12.2. The summed E-state index contributed by atoms with van der Waals surface area (Å²) in [6.07, 6.45) is 1.97. The number of carbonyl (C=O) groups is 1. The maximum atomic E-state index is 14.1. The van der Waals surface area contributed by atoms with Gasteiger partial charge in [0.2, 0.25) is 0 Å². The van der Waals surface area contributed by atoms with E-state index in [2.05, 4.69) is 20.8 Å². The molecule has 0 fully saturated rings. The van der Waals surface area contributed by atoms with E-state index in [9.17, 15) is 14.3 Å². The van der Waals surface area contributed by atoms with Crippen LogP contribution in [0.5, 0.6) is 5.75 Å². The Balaban J connectivity index is 1.59. The lowest BCUT2D eigenvalue weighted by Gasteiger charge is -2.24. The lowest BCUT2D eigenvalue weighted by atomic mass is 9.88. The average Bonchev–Trinajstić information content (AvgIpc) is 3.17. The van der Waals surface area contributed by atoms with Gasteiger partial charge in [0.25, 0.3) is 0 Å². The van der Waals surface area contributed by atoms with Crippen LogP contribution in [0, 0.1) is 11.2 Å². The van der Waals surface area contributed by atoms with Gasteiger partial charge in [-0.3, -0.25) is 4.79 Å². The van der Waals surface area contributed by atoms with Crippen LogP contribution in [-0.4, -0.2) is 30.4 Å². The summed E-state index contributed by atoms with van der Waals surface area (Å²) >= 11 is 1.67. The molecule has 3 aromatic heterocycles. The third-order valence-corrected chi connectivity index (χ3v) is 8.07. The van der Waals surface area contributed by atoms with Crippen LogP contribution in [0.1, 0.15) is 51.6 Å². The van der Waals surface area contributed by atoms with E-state index in [1.54, 1.807) is 37.9 Å². The first-order valence-corrected chi connectivity index (χ1v) is 14.4. The standard InChI is InChI=1S/C33H34FN3O3S/c1-32(2,3)41-29-26-16-25(40-20-24-14-13-22-10-6-7-12-27(22)36-24)18-35-30(26)37(19-21-9-8-11-23(34)15-21)28(29)17-33(4,5)31(38)39/h6-16,18H,17,19-20H2,1-5H3,(H,38,39). The summed E-state index contributed by atoms with van der Waals surface area (Å²) in [4.78, 5) is 22.7. The maximum absolute atomic E-state index is 14.1. The fraction of sp³-hybridized carbons (Fsp3) is 0.303. The van der Waals surface area contributed by atoms with Gasteiger partial charge >= 0.3 is 5.97 Å². The van der Waals surface area contributed by atoms with Crippen LogP contribution in [-0.2, 0) is 24.4 Å². The van der Waals surface area contributed by atoms with Gasteiger partial charge in [0, 0.05) is 39.1 Å². The van der Waals surface area contributed by atoms with Gasteiger partial charge in [-0.2, -0.15) is 0 Å². The molecule has 3 heterocycles.